The lowest BCUT2D eigenvalue weighted by Gasteiger charge is -2.33. The van der Waals surface area contributed by atoms with E-state index in [1.165, 1.54) is 31.5 Å². The van der Waals surface area contributed by atoms with Crippen LogP contribution in [0.2, 0.25) is 15.1 Å². The average molecular weight is 517 g/mol. The van der Waals surface area contributed by atoms with E-state index in [1.54, 1.807) is 4.90 Å². The zero-order chi connectivity index (χ0) is 22.0. The highest BCUT2D eigenvalue weighted by atomic mass is 35.5. The Bertz CT molecular complexity index is 1030. The number of quaternary nitrogens is 1. The molecule has 1 aromatic heterocycles. The summed E-state index contributed by atoms with van der Waals surface area (Å²) in [6, 6.07) is 12.4. The Morgan fingerprint density at radius 3 is 2.50 bits per heavy atom. The molecule has 0 amide bonds. The number of rotatable bonds is 7. The van der Waals surface area contributed by atoms with Crippen LogP contribution in [0.1, 0.15) is 32.3 Å². The van der Waals surface area contributed by atoms with Gasteiger partial charge in [0.2, 0.25) is 0 Å². The Kier molecular flexibility index (Phi) is 8.99. The van der Waals surface area contributed by atoms with Crippen LogP contribution in [0, 0.1) is 11.8 Å². The molecule has 2 heterocycles. The Balaban J connectivity index is 0.00000289. The first-order chi connectivity index (χ1) is 14.9. The fourth-order valence-corrected chi connectivity index (χ4v) is 4.87. The summed E-state index contributed by atoms with van der Waals surface area (Å²) >= 11 is 18.3. The molecule has 32 heavy (non-hydrogen) atoms. The maximum atomic E-state index is 6.18. The van der Waals surface area contributed by atoms with Crippen molar-refractivity contribution in [3.8, 4) is 0 Å². The zero-order valence-corrected chi connectivity index (χ0v) is 21.3. The Morgan fingerprint density at radius 2 is 1.81 bits per heavy atom. The minimum absolute atomic E-state index is 0. The average Bonchev–Trinajstić information content (AvgIpc) is 3.13. The number of hydrogen-bond acceptors (Lipinski definition) is 3. The molecule has 1 aliphatic rings. The van der Waals surface area contributed by atoms with Gasteiger partial charge in [-0.15, -0.1) is 0 Å². The third-order valence-corrected chi connectivity index (χ3v) is 7.27. The minimum Gasteiger partial charge on any atom is -1.00 e. The molecule has 0 bridgehead atoms. The second-order valence-electron chi connectivity index (χ2n) is 8.98. The van der Waals surface area contributed by atoms with Crippen molar-refractivity contribution >= 4 is 51.9 Å². The molecule has 1 fully saturated rings. The van der Waals surface area contributed by atoms with Crippen LogP contribution in [0.4, 0.5) is 6.01 Å². The molecular weight excluding hydrogens is 488 g/mol. The molecule has 4 nitrogen and oxygen atoms in total. The predicted molar refractivity (Wildman–Crippen MR) is 130 cm³/mol. The molecule has 0 radical (unpaired) electrons. The van der Waals surface area contributed by atoms with E-state index in [2.05, 4.69) is 30.2 Å². The summed E-state index contributed by atoms with van der Waals surface area (Å²) < 4.78 is 5.88. The standard InChI is InChI=1S/C24H28Cl3N3O.ClH/c1-15(2)22(29-24-28-21-13-18(25)4-6-23(21)31-24)14-30-9-7-16(8-10-30)11-17-3-5-19(26)20(27)12-17;/h3-6,12-13,15-16,22H,7-11,14H2,1-2H3,(H,28,29);1H/t22-;/m1./s1. The first-order valence-corrected chi connectivity index (χ1v) is 12.1. The number of nitrogens with zero attached hydrogens (tertiary/aromatic N) is 1. The van der Waals surface area contributed by atoms with Gasteiger partial charge >= 0.3 is 0 Å². The van der Waals surface area contributed by atoms with Crippen LogP contribution >= 0.6 is 34.8 Å². The SMILES string of the molecule is CC(C)[C@@H](C[NH+]1CCC(Cc2ccc(Cl)c(Cl)c2)CC1)Nc1nc2cc(Cl)ccc2o1.[Cl-]. The number of aromatic nitrogens is 1. The fraction of sp³-hybridized carbons (Fsp3) is 0.458. The smallest absolute Gasteiger partial charge is 0.296 e. The van der Waals surface area contributed by atoms with Crippen molar-refractivity contribution in [3.05, 3.63) is 57.0 Å². The van der Waals surface area contributed by atoms with Gasteiger partial charge in [0, 0.05) is 5.02 Å². The van der Waals surface area contributed by atoms with Gasteiger partial charge in [-0.25, -0.2) is 0 Å². The number of likely N-dealkylation sites (tertiary alicyclic amines) is 1. The van der Waals surface area contributed by atoms with E-state index < -0.39 is 0 Å². The van der Waals surface area contributed by atoms with Gasteiger partial charge in [0.25, 0.3) is 6.01 Å². The first-order valence-electron chi connectivity index (χ1n) is 11.0. The van der Waals surface area contributed by atoms with Gasteiger partial charge in [0.15, 0.2) is 5.58 Å². The van der Waals surface area contributed by atoms with Gasteiger partial charge in [-0.1, -0.05) is 54.7 Å². The monoisotopic (exact) mass is 515 g/mol. The van der Waals surface area contributed by atoms with Crippen molar-refractivity contribution in [2.75, 3.05) is 25.0 Å². The molecule has 8 heteroatoms. The summed E-state index contributed by atoms with van der Waals surface area (Å²) in [6.45, 7) is 7.90. The first kappa shape index (κ1) is 25.5. The van der Waals surface area contributed by atoms with Crippen molar-refractivity contribution in [3.63, 3.8) is 0 Å². The second-order valence-corrected chi connectivity index (χ2v) is 10.2. The number of oxazole rings is 1. The van der Waals surface area contributed by atoms with Gasteiger partial charge < -0.3 is 27.0 Å². The number of fused-ring (bicyclic) bond motifs is 1. The Morgan fingerprint density at radius 1 is 1.06 bits per heavy atom. The van der Waals surface area contributed by atoms with Crippen molar-refractivity contribution < 1.29 is 21.7 Å². The van der Waals surface area contributed by atoms with E-state index in [4.69, 9.17) is 39.2 Å². The molecule has 0 unspecified atom stereocenters. The van der Waals surface area contributed by atoms with Crippen LogP contribution in [0.15, 0.2) is 40.8 Å². The van der Waals surface area contributed by atoms with Crippen molar-refractivity contribution in [2.24, 2.45) is 11.8 Å². The number of anilines is 1. The molecule has 0 spiro atoms. The van der Waals surface area contributed by atoms with Crippen LogP contribution in [0.3, 0.4) is 0 Å². The van der Waals surface area contributed by atoms with Crippen LogP contribution in [-0.4, -0.2) is 30.7 Å². The van der Waals surface area contributed by atoms with Crippen molar-refractivity contribution in [1.82, 2.24) is 4.98 Å². The molecular formula is C24H29Cl4N3O. The van der Waals surface area contributed by atoms with Crippen LogP contribution in [0.5, 0.6) is 0 Å². The van der Waals surface area contributed by atoms with E-state index in [1.807, 2.05) is 30.3 Å². The summed E-state index contributed by atoms with van der Waals surface area (Å²) in [5.41, 5.74) is 2.82. The minimum atomic E-state index is 0. The summed E-state index contributed by atoms with van der Waals surface area (Å²) in [4.78, 5) is 6.20. The predicted octanol–water partition coefficient (Wildman–Crippen LogP) is 2.77. The quantitative estimate of drug-likeness (QED) is 0.507. The van der Waals surface area contributed by atoms with Gasteiger partial charge in [0.05, 0.1) is 35.7 Å². The lowest BCUT2D eigenvalue weighted by Crippen LogP contribution is -3.14. The topological polar surface area (TPSA) is 42.5 Å². The highest BCUT2D eigenvalue weighted by Gasteiger charge is 2.27. The summed E-state index contributed by atoms with van der Waals surface area (Å²) in [7, 11) is 0. The molecule has 2 N–H and O–H groups in total. The van der Waals surface area contributed by atoms with Crippen molar-refractivity contribution in [2.45, 2.75) is 39.2 Å². The van der Waals surface area contributed by atoms with E-state index in [0.29, 0.717) is 39.0 Å². The largest absolute Gasteiger partial charge is 1.00 e. The number of piperidine rings is 1. The van der Waals surface area contributed by atoms with E-state index >= 15 is 0 Å². The molecule has 2 aromatic carbocycles. The van der Waals surface area contributed by atoms with Crippen LogP contribution < -0.4 is 22.6 Å². The van der Waals surface area contributed by atoms with Gasteiger partial charge in [-0.05, 0) is 67.0 Å². The third kappa shape index (κ3) is 6.45. The van der Waals surface area contributed by atoms with E-state index in [9.17, 15) is 0 Å². The maximum absolute atomic E-state index is 6.18. The Hall–Kier alpha value is -1.17. The second kappa shape index (κ2) is 11.3. The van der Waals surface area contributed by atoms with Crippen molar-refractivity contribution in [1.29, 1.82) is 0 Å². The maximum Gasteiger partial charge on any atom is 0.296 e. The highest BCUT2D eigenvalue weighted by Crippen LogP contribution is 2.26. The molecule has 4 rings (SSSR count). The zero-order valence-electron chi connectivity index (χ0n) is 18.3. The molecule has 1 atom stereocenters. The fourth-order valence-electron chi connectivity index (χ4n) is 4.38. The third-order valence-electron chi connectivity index (χ3n) is 6.29. The molecule has 174 valence electrons. The highest BCUT2D eigenvalue weighted by molar-refractivity contribution is 6.42. The van der Waals surface area contributed by atoms with Crippen LogP contribution in [-0.2, 0) is 6.42 Å². The molecule has 0 aliphatic carbocycles. The summed E-state index contributed by atoms with van der Waals surface area (Å²) in [5, 5.41) is 5.47. The molecule has 1 aliphatic heterocycles. The van der Waals surface area contributed by atoms with Gasteiger partial charge in [0.1, 0.15) is 5.52 Å². The number of hydrogen-bond donors (Lipinski definition) is 2. The molecule has 3 aromatic rings. The van der Waals surface area contributed by atoms with Gasteiger partial charge in [-0.2, -0.15) is 4.98 Å². The van der Waals surface area contributed by atoms with E-state index in [-0.39, 0.29) is 12.4 Å². The summed E-state index contributed by atoms with van der Waals surface area (Å²) in [5.74, 6) is 1.17. The number of halogens is 4. The van der Waals surface area contributed by atoms with Crippen LogP contribution in [0.25, 0.3) is 11.1 Å². The molecule has 1 saturated heterocycles. The number of nitrogens with one attached hydrogen (secondary N) is 2. The molecule has 0 saturated carbocycles. The lowest BCUT2D eigenvalue weighted by atomic mass is 9.89. The Labute approximate surface area is 211 Å². The normalized spacial score (nSPS) is 19.7. The lowest BCUT2D eigenvalue weighted by molar-refractivity contribution is -0.907. The number of benzene rings is 2. The van der Waals surface area contributed by atoms with Gasteiger partial charge in [-0.3, -0.25) is 0 Å². The van der Waals surface area contributed by atoms with E-state index in [0.717, 1.165) is 24.1 Å². The summed E-state index contributed by atoms with van der Waals surface area (Å²) in [6.07, 6.45) is 3.52.